The highest BCUT2D eigenvalue weighted by Crippen LogP contribution is 2.27. The van der Waals surface area contributed by atoms with Gasteiger partial charge in [-0.05, 0) is 34.7 Å². The number of anilines is 1. The zero-order chi connectivity index (χ0) is 18.8. The van der Waals surface area contributed by atoms with Crippen LogP contribution in [0.2, 0.25) is 0 Å². The molecule has 0 amide bonds. The maximum Gasteiger partial charge on any atom is 0.320 e. The molecule has 0 saturated heterocycles. The molecular formula is C18H17F2N7. The second-order valence-electron chi connectivity index (χ2n) is 6.14. The van der Waals surface area contributed by atoms with Gasteiger partial charge < -0.3 is 5.32 Å². The maximum atomic E-state index is 13.6. The average molecular weight is 369 g/mol. The number of halogens is 2. The molecule has 0 fully saturated rings. The number of imidazole rings is 1. The number of fused-ring (bicyclic) bond motifs is 1. The second-order valence-corrected chi connectivity index (χ2v) is 6.14. The Balaban J connectivity index is 1.58. The summed E-state index contributed by atoms with van der Waals surface area (Å²) in [6.45, 7) is -0.475. The average Bonchev–Trinajstić information content (AvgIpc) is 3.31. The number of aromatic nitrogens is 6. The van der Waals surface area contributed by atoms with Crippen LogP contribution in [0.25, 0.3) is 16.7 Å². The van der Waals surface area contributed by atoms with E-state index in [0.717, 1.165) is 10.3 Å². The van der Waals surface area contributed by atoms with Crippen LogP contribution in [0, 0.1) is 0 Å². The second kappa shape index (κ2) is 7.10. The molecule has 9 heteroatoms. The van der Waals surface area contributed by atoms with E-state index in [9.17, 15) is 8.78 Å². The maximum absolute atomic E-state index is 13.6. The SMILES string of the molecule is C[C@@H](CNc1nnnn1-c1ccccc1)c1nc2ccccc2n1C(F)F. The van der Waals surface area contributed by atoms with Crippen molar-refractivity contribution >= 4 is 17.0 Å². The Hall–Kier alpha value is -3.36. The normalized spacial score (nSPS) is 12.6. The molecule has 0 aliphatic heterocycles. The standard InChI is InChI=1S/C18H17F2N7/c1-12(16-22-14-9-5-6-10-15(14)26(16)17(19)20)11-21-18-23-24-25-27(18)13-7-3-2-4-8-13/h2-10,12,17H,11H2,1H3,(H,21,23,25)/t12-/m0/s1. The van der Waals surface area contributed by atoms with Crippen molar-refractivity contribution in [3.8, 4) is 5.69 Å². The number of hydrogen-bond donors (Lipinski definition) is 1. The van der Waals surface area contributed by atoms with Gasteiger partial charge in [-0.2, -0.15) is 13.5 Å². The van der Waals surface area contributed by atoms with Gasteiger partial charge in [0, 0.05) is 12.5 Å². The molecule has 0 bridgehead atoms. The van der Waals surface area contributed by atoms with E-state index in [-0.39, 0.29) is 5.92 Å². The van der Waals surface area contributed by atoms with Crippen LogP contribution < -0.4 is 5.32 Å². The summed E-state index contributed by atoms with van der Waals surface area (Å²) in [5.41, 5.74) is 1.77. The Labute approximate surface area is 153 Å². The molecule has 0 saturated carbocycles. The third-order valence-corrected chi connectivity index (χ3v) is 4.30. The Morgan fingerprint density at radius 1 is 1.04 bits per heavy atom. The van der Waals surface area contributed by atoms with Crippen molar-refractivity contribution in [3.05, 3.63) is 60.4 Å². The molecule has 1 atom stereocenters. The topological polar surface area (TPSA) is 73.5 Å². The van der Waals surface area contributed by atoms with Gasteiger partial charge in [-0.3, -0.25) is 4.57 Å². The van der Waals surface area contributed by atoms with Crippen LogP contribution in [-0.2, 0) is 0 Å². The molecule has 138 valence electrons. The fourth-order valence-corrected chi connectivity index (χ4v) is 2.99. The van der Waals surface area contributed by atoms with Crippen molar-refractivity contribution in [2.45, 2.75) is 19.4 Å². The minimum absolute atomic E-state index is 0.285. The molecule has 0 unspecified atom stereocenters. The molecule has 2 heterocycles. The molecule has 2 aromatic carbocycles. The van der Waals surface area contributed by atoms with Gasteiger partial charge >= 0.3 is 6.55 Å². The van der Waals surface area contributed by atoms with Crippen LogP contribution in [-0.4, -0.2) is 36.3 Å². The number of alkyl halides is 2. The lowest BCUT2D eigenvalue weighted by Crippen LogP contribution is -2.17. The van der Waals surface area contributed by atoms with Crippen molar-refractivity contribution < 1.29 is 8.78 Å². The summed E-state index contributed by atoms with van der Waals surface area (Å²) in [5, 5.41) is 14.8. The summed E-state index contributed by atoms with van der Waals surface area (Å²) < 4.78 is 29.8. The largest absolute Gasteiger partial charge is 0.352 e. The van der Waals surface area contributed by atoms with E-state index in [4.69, 9.17) is 0 Å². The van der Waals surface area contributed by atoms with Gasteiger partial charge in [-0.1, -0.05) is 42.4 Å². The number of para-hydroxylation sites is 3. The molecule has 0 radical (unpaired) electrons. The number of nitrogens with one attached hydrogen (secondary N) is 1. The van der Waals surface area contributed by atoms with Gasteiger partial charge in [0.05, 0.1) is 16.7 Å². The van der Waals surface area contributed by atoms with Crippen LogP contribution in [0.4, 0.5) is 14.7 Å². The first kappa shape index (κ1) is 17.1. The molecule has 4 aromatic rings. The predicted octanol–water partition coefficient (Wildman–Crippen LogP) is 3.62. The van der Waals surface area contributed by atoms with E-state index in [1.54, 1.807) is 28.9 Å². The van der Waals surface area contributed by atoms with Gasteiger partial charge in [0.1, 0.15) is 5.82 Å². The summed E-state index contributed by atoms with van der Waals surface area (Å²) in [5.74, 6) is 0.470. The van der Waals surface area contributed by atoms with Crippen molar-refractivity contribution in [1.29, 1.82) is 0 Å². The third-order valence-electron chi connectivity index (χ3n) is 4.30. The lowest BCUT2D eigenvalue weighted by molar-refractivity contribution is 0.0706. The monoisotopic (exact) mass is 369 g/mol. The molecule has 7 nitrogen and oxygen atoms in total. The lowest BCUT2D eigenvalue weighted by atomic mass is 10.1. The summed E-state index contributed by atoms with van der Waals surface area (Å²) in [7, 11) is 0. The van der Waals surface area contributed by atoms with Gasteiger partial charge in [0.15, 0.2) is 0 Å². The fourth-order valence-electron chi connectivity index (χ4n) is 2.99. The van der Waals surface area contributed by atoms with E-state index in [1.807, 2.05) is 37.3 Å². The first-order valence-corrected chi connectivity index (χ1v) is 8.48. The molecule has 2 aromatic heterocycles. The molecule has 0 aliphatic carbocycles. The first-order chi connectivity index (χ1) is 13.1. The summed E-state index contributed by atoms with van der Waals surface area (Å²) in [6.07, 6.45) is 0. The van der Waals surface area contributed by atoms with Crippen molar-refractivity contribution in [2.24, 2.45) is 0 Å². The van der Waals surface area contributed by atoms with Crippen molar-refractivity contribution in [1.82, 2.24) is 29.8 Å². The molecule has 0 aliphatic rings. The van der Waals surface area contributed by atoms with Crippen LogP contribution >= 0.6 is 0 Å². The van der Waals surface area contributed by atoms with E-state index < -0.39 is 6.55 Å². The predicted molar refractivity (Wildman–Crippen MR) is 97.0 cm³/mol. The van der Waals surface area contributed by atoms with E-state index in [2.05, 4.69) is 25.8 Å². The highest BCUT2D eigenvalue weighted by molar-refractivity contribution is 5.76. The van der Waals surface area contributed by atoms with E-state index in [0.29, 0.717) is 29.4 Å². The first-order valence-electron chi connectivity index (χ1n) is 8.48. The van der Waals surface area contributed by atoms with Crippen LogP contribution in [0.15, 0.2) is 54.6 Å². The molecular weight excluding hydrogens is 352 g/mol. The molecule has 27 heavy (non-hydrogen) atoms. The van der Waals surface area contributed by atoms with Crippen LogP contribution in [0.3, 0.4) is 0 Å². The van der Waals surface area contributed by atoms with Crippen molar-refractivity contribution in [3.63, 3.8) is 0 Å². The number of benzene rings is 2. The molecule has 4 rings (SSSR count). The van der Waals surface area contributed by atoms with Crippen LogP contribution in [0.1, 0.15) is 25.2 Å². The molecule has 1 N–H and O–H groups in total. The zero-order valence-electron chi connectivity index (χ0n) is 14.5. The minimum Gasteiger partial charge on any atom is -0.352 e. The minimum atomic E-state index is -2.66. The number of nitrogens with zero attached hydrogens (tertiary/aromatic N) is 6. The number of rotatable bonds is 6. The zero-order valence-corrected chi connectivity index (χ0v) is 14.5. The van der Waals surface area contributed by atoms with Crippen molar-refractivity contribution in [2.75, 3.05) is 11.9 Å². The van der Waals surface area contributed by atoms with Crippen LogP contribution in [0.5, 0.6) is 0 Å². The Morgan fingerprint density at radius 3 is 2.56 bits per heavy atom. The summed E-state index contributed by atoms with van der Waals surface area (Å²) in [4.78, 5) is 4.40. The van der Waals surface area contributed by atoms with Gasteiger partial charge in [-0.15, -0.1) is 0 Å². The Bertz CT molecular complexity index is 1040. The third kappa shape index (κ3) is 3.23. The smallest absolute Gasteiger partial charge is 0.320 e. The quantitative estimate of drug-likeness (QED) is 0.562. The lowest BCUT2D eigenvalue weighted by Gasteiger charge is -2.15. The van der Waals surface area contributed by atoms with Gasteiger partial charge in [0.2, 0.25) is 5.95 Å². The highest BCUT2D eigenvalue weighted by atomic mass is 19.3. The Morgan fingerprint density at radius 2 is 1.78 bits per heavy atom. The highest BCUT2D eigenvalue weighted by Gasteiger charge is 2.22. The summed E-state index contributed by atoms with van der Waals surface area (Å²) in [6, 6.07) is 16.3. The number of tetrazole rings is 1. The fraction of sp³-hybridized carbons (Fsp3) is 0.222. The molecule has 0 spiro atoms. The van der Waals surface area contributed by atoms with E-state index >= 15 is 0 Å². The summed E-state index contributed by atoms with van der Waals surface area (Å²) >= 11 is 0. The Kier molecular flexibility index (Phi) is 4.49. The number of hydrogen-bond acceptors (Lipinski definition) is 5. The van der Waals surface area contributed by atoms with E-state index in [1.165, 1.54) is 0 Å². The van der Waals surface area contributed by atoms with Gasteiger partial charge in [0.25, 0.3) is 0 Å². The van der Waals surface area contributed by atoms with Gasteiger partial charge in [-0.25, -0.2) is 4.98 Å².